The Labute approximate surface area is 85.5 Å². The van der Waals surface area contributed by atoms with Crippen LogP contribution in [0, 0.1) is 17.9 Å². The van der Waals surface area contributed by atoms with Crippen LogP contribution in [0.5, 0.6) is 0 Å². The predicted octanol–water partition coefficient (Wildman–Crippen LogP) is 0.785. The lowest BCUT2D eigenvalue weighted by molar-refractivity contribution is 0.272. The molecule has 4 nitrogen and oxygen atoms in total. The molecule has 1 aliphatic rings. The molecule has 0 atom stereocenters. The summed E-state index contributed by atoms with van der Waals surface area (Å²) >= 11 is 0. The molecule has 0 amide bonds. The third-order valence-electron chi connectivity index (χ3n) is 2.49. The Bertz CT molecular complexity index is 237. The van der Waals surface area contributed by atoms with Crippen molar-refractivity contribution in [2.24, 2.45) is 0 Å². The summed E-state index contributed by atoms with van der Waals surface area (Å²) in [4.78, 5) is 7.89. The molecule has 0 bridgehead atoms. The zero-order valence-electron chi connectivity index (χ0n) is 8.45. The number of nitriles is 1. The van der Waals surface area contributed by atoms with Crippen LogP contribution >= 0.6 is 0 Å². The van der Waals surface area contributed by atoms with Crippen LogP contribution in [0.4, 0.5) is 0 Å². The van der Waals surface area contributed by atoms with Crippen LogP contribution in [0.3, 0.4) is 0 Å². The zero-order chi connectivity index (χ0) is 10.2. The summed E-state index contributed by atoms with van der Waals surface area (Å²) in [5, 5.41) is 8.48. The summed E-state index contributed by atoms with van der Waals surface area (Å²) in [6.45, 7) is 12.2. The lowest BCUT2D eigenvalue weighted by Crippen LogP contribution is -2.31. The van der Waals surface area contributed by atoms with Gasteiger partial charge in [0.25, 0.3) is 6.67 Å². The van der Waals surface area contributed by atoms with E-state index in [1.165, 1.54) is 0 Å². The van der Waals surface area contributed by atoms with E-state index in [0.29, 0.717) is 13.1 Å². The van der Waals surface area contributed by atoms with Crippen molar-refractivity contribution in [3.63, 3.8) is 0 Å². The highest BCUT2D eigenvalue weighted by Crippen LogP contribution is 2.03. The van der Waals surface area contributed by atoms with E-state index in [1.807, 2.05) is 0 Å². The van der Waals surface area contributed by atoms with E-state index in [-0.39, 0.29) is 0 Å². The van der Waals surface area contributed by atoms with Gasteiger partial charge in [0.2, 0.25) is 0 Å². The van der Waals surface area contributed by atoms with Crippen molar-refractivity contribution in [3.05, 3.63) is 11.4 Å². The van der Waals surface area contributed by atoms with Gasteiger partial charge in [-0.3, -0.25) is 4.85 Å². The predicted molar refractivity (Wildman–Crippen MR) is 54.3 cm³/mol. The quantitative estimate of drug-likeness (QED) is 0.620. The van der Waals surface area contributed by atoms with Crippen LogP contribution < -0.4 is 0 Å². The molecule has 76 valence electrons. The van der Waals surface area contributed by atoms with E-state index in [2.05, 4.69) is 20.7 Å². The Kier molecular flexibility index (Phi) is 4.99. The maximum Gasteiger partial charge on any atom is 0.270 e. The van der Waals surface area contributed by atoms with Gasteiger partial charge >= 0.3 is 0 Å². The van der Waals surface area contributed by atoms with Crippen molar-refractivity contribution in [2.75, 3.05) is 39.4 Å². The molecule has 0 aromatic heterocycles. The van der Waals surface area contributed by atoms with E-state index < -0.39 is 0 Å². The van der Waals surface area contributed by atoms with Crippen LogP contribution in [0.15, 0.2) is 0 Å². The lowest BCUT2D eigenvalue weighted by Gasteiger charge is -2.17. The summed E-state index contributed by atoms with van der Waals surface area (Å²) in [5.74, 6) is 0. The Morgan fingerprint density at radius 3 is 2.64 bits per heavy atom. The molecular formula is C10H16N4. The molecule has 0 aromatic carbocycles. The van der Waals surface area contributed by atoms with Gasteiger partial charge in [-0.05, 0) is 13.0 Å². The largest absolute Gasteiger partial charge is 0.301 e. The van der Waals surface area contributed by atoms with Crippen LogP contribution in [0.2, 0.25) is 0 Å². The molecule has 0 radical (unpaired) electrons. The minimum Gasteiger partial charge on any atom is -0.301 e. The van der Waals surface area contributed by atoms with Crippen molar-refractivity contribution >= 4 is 0 Å². The molecule has 1 fully saturated rings. The van der Waals surface area contributed by atoms with Crippen molar-refractivity contribution in [1.82, 2.24) is 9.80 Å². The van der Waals surface area contributed by atoms with Gasteiger partial charge in [-0.15, -0.1) is 0 Å². The van der Waals surface area contributed by atoms with Gasteiger partial charge < -0.3 is 4.90 Å². The minimum atomic E-state index is 0.520. The van der Waals surface area contributed by atoms with Gasteiger partial charge in [0.05, 0.1) is 6.07 Å². The first-order valence-corrected chi connectivity index (χ1v) is 5.01. The molecule has 0 aromatic rings. The molecule has 14 heavy (non-hydrogen) atoms. The molecule has 1 heterocycles. The van der Waals surface area contributed by atoms with E-state index in [4.69, 9.17) is 11.8 Å². The second-order valence-corrected chi connectivity index (χ2v) is 3.52. The second kappa shape index (κ2) is 6.37. The molecular weight excluding hydrogens is 176 g/mol. The van der Waals surface area contributed by atoms with E-state index in [1.54, 1.807) is 0 Å². The van der Waals surface area contributed by atoms with Crippen LogP contribution in [0.25, 0.3) is 4.85 Å². The van der Waals surface area contributed by atoms with Gasteiger partial charge in [0.1, 0.15) is 0 Å². The summed E-state index contributed by atoms with van der Waals surface area (Å²) in [7, 11) is 0. The van der Waals surface area contributed by atoms with Crippen LogP contribution in [-0.4, -0.2) is 49.2 Å². The third-order valence-corrected chi connectivity index (χ3v) is 2.49. The first kappa shape index (κ1) is 11.0. The zero-order valence-corrected chi connectivity index (χ0v) is 8.45. The molecule has 1 aliphatic heterocycles. The fraction of sp³-hybridized carbons (Fsp3) is 0.800. The minimum absolute atomic E-state index is 0.520. The van der Waals surface area contributed by atoms with Crippen LogP contribution in [0.1, 0.15) is 12.8 Å². The average Bonchev–Trinajstić information content (AvgIpc) is 2.41. The fourth-order valence-electron chi connectivity index (χ4n) is 1.70. The highest BCUT2D eigenvalue weighted by Gasteiger charge is 2.14. The maximum atomic E-state index is 8.48. The van der Waals surface area contributed by atoms with E-state index in [9.17, 15) is 0 Å². The molecule has 4 heteroatoms. The van der Waals surface area contributed by atoms with Gasteiger partial charge in [-0.1, -0.05) is 0 Å². The molecule has 1 rings (SSSR count). The van der Waals surface area contributed by atoms with E-state index >= 15 is 0 Å². The summed E-state index contributed by atoms with van der Waals surface area (Å²) in [6, 6.07) is 2.17. The summed E-state index contributed by atoms with van der Waals surface area (Å²) in [6.07, 6.45) is 1.73. The number of hydrogen-bond donors (Lipinski definition) is 0. The van der Waals surface area contributed by atoms with Crippen molar-refractivity contribution < 1.29 is 0 Å². The normalized spacial score (nSPS) is 19.6. The summed E-state index contributed by atoms with van der Waals surface area (Å²) in [5.41, 5.74) is 0. The average molecular weight is 192 g/mol. The Morgan fingerprint density at radius 1 is 1.21 bits per heavy atom. The standard InChI is InChI=1S/C10H16N4/c1-12-10-14-7-3-6-13(8-9-14)5-2-4-11/h2-3,5-10H2. The fourth-order valence-corrected chi connectivity index (χ4v) is 1.70. The first-order chi connectivity index (χ1) is 6.86. The Morgan fingerprint density at radius 2 is 1.93 bits per heavy atom. The first-order valence-electron chi connectivity index (χ1n) is 5.01. The van der Waals surface area contributed by atoms with Crippen molar-refractivity contribution in [3.8, 4) is 6.07 Å². The topological polar surface area (TPSA) is 34.6 Å². The Hall–Kier alpha value is -1.10. The van der Waals surface area contributed by atoms with Gasteiger partial charge in [0.15, 0.2) is 0 Å². The van der Waals surface area contributed by atoms with Gasteiger partial charge in [0, 0.05) is 32.6 Å². The number of hydrogen-bond acceptors (Lipinski definition) is 3. The number of rotatable bonds is 3. The SMILES string of the molecule is [C-]#[N+]CN1CCCN(CCC#N)CC1. The highest BCUT2D eigenvalue weighted by molar-refractivity contribution is 4.76. The third kappa shape index (κ3) is 3.74. The van der Waals surface area contributed by atoms with Gasteiger partial charge in [-0.2, -0.15) is 5.26 Å². The van der Waals surface area contributed by atoms with Gasteiger partial charge in [-0.25, -0.2) is 11.5 Å². The lowest BCUT2D eigenvalue weighted by atomic mass is 10.3. The maximum absolute atomic E-state index is 8.48. The molecule has 0 unspecified atom stereocenters. The molecule has 0 N–H and O–H groups in total. The molecule has 0 saturated carbocycles. The van der Waals surface area contributed by atoms with Crippen LogP contribution in [-0.2, 0) is 0 Å². The second-order valence-electron chi connectivity index (χ2n) is 3.52. The van der Waals surface area contributed by atoms with Crippen molar-refractivity contribution in [2.45, 2.75) is 12.8 Å². The van der Waals surface area contributed by atoms with Crippen molar-refractivity contribution in [1.29, 1.82) is 5.26 Å². The number of nitrogens with zero attached hydrogens (tertiary/aromatic N) is 4. The highest BCUT2D eigenvalue weighted by atomic mass is 15.2. The molecule has 0 aliphatic carbocycles. The Balaban J connectivity index is 2.27. The molecule has 1 saturated heterocycles. The molecule has 0 spiro atoms. The summed E-state index contributed by atoms with van der Waals surface area (Å²) < 4.78 is 0. The van der Waals surface area contributed by atoms with E-state index in [0.717, 1.165) is 39.1 Å². The monoisotopic (exact) mass is 192 g/mol. The smallest absolute Gasteiger partial charge is 0.270 e.